The van der Waals surface area contributed by atoms with Crippen LogP contribution in [0.15, 0.2) is 12.2 Å². The van der Waals surface area contributed by atoms with E-state index in [4.69, 9.17) is 5.11 Å². The minimum absolute atomic E-state index is 0.340. The molecule has 0 aliphatic carbocycles. The number of rotatable bonds is 7. The van der Waals surface area contributed by atoms with Crippen LogP contribution in [0.5, 0.6) is 0 Å². The van der Waals surface area contributed by atoms with Crippen LogP contribution < -0.4 is 0 Å². The average molecular weight is 183 g/mol. The molecule has 1 aliphatic heterocycles. The van der Waals surface area contributed by atoms with Gasteiger partial charge in [-0.2, -0.15) is 0 Å². The maximum absolute atomic E-state index is 10.4. The second kappa shape index (κ2) is 5.02. The molecule has 1 rings (SSSR count). The van der Waals surface area contributed by atoms with Crippen molar-refractivity contribution >= 4 is 5.97 Å². The highest BCUT2D eigenvalue weighted by Crippen LogP contribution is 2.10. The summed E-state index contributed by atoms with van der Waals surface area (Å²) in [7, 11) is 0. The predicted octanol–water partition coefficient (Wildman–Crippen LogP) is 1.50. The molecule has 0 bridgehead atoms. The Kier molecular flexibility index (Phi) is 3.96. The number of carboxylic acids is 1. The maximum atomic E-state index is 10.4. The summed E-state index contributed by atoms with van der Waals surface area (Å²) < 4.78 is 0. The largest absolute Gasteiger partial charge is 0.478 e. The highest BCUT2D eigenvalue weighted by molar-refractivity contribution is 5.85. The van der Waals surface area contributed by atoms with Gasteiger partial charge in [0.2, 0.25) is 0 Å². The van der Waals surface area contributed by atoms with Crippen molar-refractivity contribution in [1.82, 2.24) is 4.90 Å². The summed E-state index contributed by atoms with van der Waals surface area (Å²) in [4.78, 5) is 12.8. The minimum atomic E-state index is -0.856. The van der Waals surface area contributed by atoms with E-state index in [1.165, 1.54) is 26.1 Å². The van der Waals surface area contributed by atoms with E-state index >= 15 is 0 Å². The molecular formula is C10H17NO2. The normalized spacial score (nSPS) is 15.7. The van der Waals surface area contributed by atoms with Crippen molar-refractivity contribution in [2.75, 3.05) is 19.6 Å². The summed E-state index contributed by atoms with van der Waals surface area (Å²) in [5.74, 6) is -0.856. The molecule has 1 heterocycles. The van der Waals surface area contributed by atoms with Gasteiger partial charge in [0, 0.05) is 18.7 Å². The van der Waals surface area contributed by atoms with Gasteiger partial charge in [-0.25, -0.2) is 4.79 Å². The number of nitrogens with zero attached hydrogens (tertiary/aromatic N) is 1. The fourth-order valence-corrected chi connectivity index (χ4v) is 1.25. The van der Waals surface area contributed by atoms with Gasteiger partial charge in [-0.05, 0) is 25.8 Å². The topological polar surface area (TPSA) is 40.3 Å². The van der Waals surface area contributed by atoms with Gasteiger partial charge in [0.15, 0.2) is 0 Å². The van der Waals surface area contributed by atoms with Crippen LogP contribution in [0.2, 0.25) is 0 Å². The summed E-state index contributed by atoms with van der Waals surface area (Å²) in [5, 5.41) is 8.53. The fraction of sp³-hybridized carbons (Fsp3) is 0.700. The van der Waals surface area contributed by atoms with E-state index < -0.39 is 5.97 Å². The van der Waals surface area contributed by atoms with Crippen molar-refractivity contribution in [3.05, 3.63) is 12.2 Å². The van der Waals surface area contributed by atoms with Crippen LogP contribution in [0.3, 0.4) is 0 Å². The number of carboxylic acid groups (broad SMARTS) is 1. The van der Waals surface area contributed by atoms with Gasteiger partial charge in [0.1, 0.15) is 0 Å². The van der Waals surface area contributed by atoms with E-state index in [1.54, 1.807) is 0 Å². The molecule has 0 amide bonds. The maximum Gasteiger partial charge on any atom is 0.330 e. The molecule has 3 heteroatoms. The van der Waals surface area contributed by atoms with Crippen LogP contribution in [-0.2, 0) is 4.79 Å². The Morgan fingerprint density at radius 1 is 1.31 bits per heavy atom. The lowest BCUT2D eigenvalue weighted by molar-refractivity contribution is -0.132. The van der Waals surface area contributed by atoms with Crippen LogP contribution in [0.4, 0.5) is 0 Å². The molecule has 0 aromatic rings. The van der Waals surface area contributed by atoms with Crippen molar-refractivity contribution in [1.29, 1.82) is 0 Å². The molecule has 0 spiro atoms. The third kappa shape index (κ3) is 4.68. The van der Waals surface area contributed by atoms with Crippen molar-refractivity contribution in [2.24, 2.45) is 0 Å². The molecule has 0 unspecified atom stereocenters. The number of unbranched alkanes of at least 4 members (excludes halogenated alkanes) is 2. The van der Waals surface area contributed by atoms with E-state index in [-0.39, 0.29) is 0 Å². The first-order valence-corrected chi connectivity index (χ1v) is 4.83. The molecule has 1 aliphatic rings. The smallest absolute Gasteiger partial charge is 0.330 e. The van der Waals surface area contributed by atoms with Crippen LogP contribution in [0.25, 0.3) is 0 Å². The van der Waals surface area contributed by atoms with E-state index in [9.17, 15) is 4.79 Å². The molecule has 0 radical (unpaired) electrons. The zero-order valence-corrected chi connectivity index (χ0v) is 7.96. The van der Waals surface area contributed by atoms with Crippen LogP contribution in [0, 0.1) is 0 Å². The quantitative estimate of drug-likeness (QED) is 0.369. The van der Waals surface area contributed by atoms with Crippen LogP contribution >= 0.6 is 0 Å². The molecular weight excluding hydrogens is 166 g/mol. The molecule has 1 N–H and O–H groups in total. The Morgan fingerprint density at radius 2 is 2.00 bits per heavy atom. The highest BCUT2D eigenvalue weighted by Gasteiger charge is 2.15. The summed E-state index contributed by atoms with van der Waals surface area (Å²) in [6, 6.07) is 0. The number of hydrogen-bond acceptors (Lipinski definition) is 2. The molecule has 0 atom stereocenters. The zero-order valence-electron chi connectivity index (χ0n) is 7.96. The minimum Gasteiger partial charge on any atom is -0.478 e. The van der Waals surface area contributed by atoms with Crippen molar-refractivity contribution in [3.8, 4) is 0 Å². The standard InChI is InChI=1S/C10H17NO2/c1-9(10(12)13)5-3-2-4-6-11-7-8-11/h1-8H2,(H,12,13). The van der Waals surface area contributed by atoms with Gasteiger partial charge < -0.3 is 10.0 Å². The Morgan fingerprint density at radius 3 is 2.54 bits per heavy atom. The summed E-state index contributed by atoms with van der Waals surface area (Å²) in [6.45, 7) is 7.17. The molecule has 74 valence electrons. The van der Waals surface area contributed by atoms with Crippen molar-refractivity contribution in [3.63, 3.8) is 0 Å². The molecule has 1 fully saturated rings. The lowest BCUT2D eigenvalue weighted by Gasteiger charge is -2.01. The summed E-state index contributed by atoms with van der Waals surface area (Å²) in [6.07, 6.45) is 3.89. The SMILES string of the molecule is C=C(CCCCCN1CC1)C(=O)O. The Bertz CT molecular complexity index is 197. The third-order valence-electron chi connectivity index (χ3n) is 2.30. The van der Waals surface area contributed by atoms with Gasteiger partial charge in [-0.3, -0.25) is 0 Å². The van der Waals surface area contributed by atoms with E-state index in [0.717, 1.165) is 12.8 Å². The van der Waals surface area contributed by atoms with E-state index in [1.807, 2.05) is 0 Å². The number of carbonyl (C=O) groups is 1. The Labute approximate surface area is 79.0 Å². The molecule has 0 saturated carbocycles. The average Bonchev–Trinajstić information content (AvgIpc) is 2.87. The van der Waals surface area contributed by atoms with Gasteiger partial charge in [0.05, 0.1) is 0 Å². The first-order chi connectivity index (χ1) is 6.20. The second-order valence-corrected chi connectivity index (χ2v) is 3.56. The number of aliphatic carboxylic acids is 1. The first-order valence-electron chi connectivity index (χ1n) is 4.83. The summed E-state index contributed by atoms with van der Waals surface area (Å²) in [5.41, 5.74) is 0.340. The molecule has 1 saturated heterocycles. The predicted molar refractivity (Wildman–Crippen MR) is 51.7 cm³/mol. The second-order valence-electron chi connectivity index (χ2n) is 3.56. The van der Waals surface area contributed by atoms with E-state index in [0.29, 0.717) is 12.0 Å². The van der Waals surface area contributed by atoms with Gasteiger partial charge >= 0.3 is 5.97 Å². The third-order valence-corrected chi connectivity index (χ3v) is 2.30. The molecule has 0 aromatic carbocycles. The van der Waals surface area contributed by atoms with Crippen molar-refractivity contribution in [2.45, 2.75) is 25.7 Å². The van der Waals surface area contributed by atoms with Crippen molar-refractivity contribution < 1.29 is 9.90 Å². The van der Waals surface area contributed by atoms with Gasteiger partial charge in [-0.1, -0.05) is 13.0 Å². The Hall–Kier alpha value is -0.830. The number of hydrogen-bond donors (Lipinski definition) is 1. The Balaban J connectivity index is 1.87. The van der Waals surface area contributed by atoms with Gasteiger partial charge in [0.25, 0.3) is 0 Å². The fourth-order valence-electron chi connectivity index (χ4n) is 1.25. The highest BCUT2D eigenvalue weighted by atomic mass is 16.4. The first kappa shape index (κ1) is 10.3. The lowest BCUT2D eigenvalue weighted by atomic mass is 10.1. The van der Waals surface area contributed by atoms with E-state index in [2.05, 4.69) is 11.5 Å². The zero-order chi connectivity index (χ0) is 9.68. The molecule has 3 nitrogen and oxygen atoms in total. The summed E-state index contributed by atoms with van der Waals surface area (Å²) >= 11 is 0. The lowest BCUT2D eigenvalue weighted by Crippen LogP contribution is -2.00. The molecule has 13 heavy (non-hydrogen) atoms. The monoisotopic (exact) mass is 183 g/mol. The molecule has 0 aromatic heterocycles. The van der Waals surface area contributed by atoms with Gasteiger partial charge in [-0.15, -0.1) is 0 Å². The van der Waals surface area contributed by atoms with Crippen LogP contribution in [0.1, 0.15) is 25.7 Å². The van der Waals surface area contributed by atoms with Crippen LogP contribution in [-0.4, -0.2) is 35.6 Å².